The van der Waals surface area contributed by atoms with E-state index in [2.05, 4.69) is 114 Å². The first-order chi connectivity index (χ1) is 13.6. The Kier molecular flexibility index (Phi) is 3.75. The average Bonchev–Trinajstić information content (AvgIpc) is 3.24. The molecule has 3 nitrogen and oxygen atoms in total. The van der Waals surface area contributed by atoms with Crippen molar-refractivity contribution in [3.8, 4) is 0 Å². The lowest BCUT2D eigenvalue weighted by molar-refractivity contribution is -0.466. The largest absolute Gasteiger partial charge is 0.496 e. The SMILES string of the molecule is CC(C)n1c2ccccc2c2ccc([N+]3=C=[N+](C(C)C)c4ccccc43)cc21. The number of hydrogen-bond acceptors (Lipinski definition) is 0. The molecule has 4 aromatic rings. The Bertz CT molecular complexity index is 1300. The van der Waals surface area contributed by atoms with Crippen molar-refractivity contribution in [3.05, 3.63) is 66.7 Å². The zero-order chi connectivity index (χ0) is 19.4. The zero-order valence-electron chi connectivity index (χ0n) is 16.8. The average molecular weight is 367 g/mol. The monoisotopic (exact) mass is 367 g/mol. The van der Waals surface area contributed by atoms with Crippen molar-refractivity contribution in [1.29, 1.82) is 0 Å². The Hall–Kier alpha value is -3.16. The fraction of sp³-hybridized carbons (Fsp3) is 0.240. The molecule has 2 heterocycles. The van der Waals surface area contributed by atoms with Gasteiger partial charge in [-0.25, -0.2) is 0 Å². The van der Waals surface area contributed by atoms with Crippen LogP contribution in [0.25, 0.3) is 21.8 Å². The van der Waals surface area contributed by atoms with Gasteiger partial charge in [0, 0.05) is 46.6 Å². The van der Waals surface area contributed by atoms with Gasteiger partial charge in [0.2, 0.25) is 5.69 Å². The highest BCUT2D eigenvalue weighted by Crippen LogP contribution is 2.37. The van der Waals surface area contributed by atoms with Crippen molar-refractivity contribution in [2.24, 2.45) is 0 Å². The standard InChI is InChI=1S/C25H25N3/c1-17(2)26-16-27(24-12-8-7-11-23(24)26)19-13-14-21-20-9-5-6-10-22(20)28(18(3)4)25(21)15-19/h5-15,17-18H,1-4H3/q+2. The molecule has 0 saturated carbocycles. The highest BCUT2D eigenvalue weighted by Gasteiger charge is 2.36. The first-order valence-corrected chi connectivity index (χ1v) is 10.0. The Morgan fingerprint density at radius 2 is 1.43 bits per heavy atom. The molecule has 1 aliphatic rings. The molecule has 3 heteroatoms. The Morgan fingerprint density at radius 1 is 0.750 bits per heavy atom. The van der Waals surface area contributed by atoms with Gasteiger partial charge in [-0.05, 0) is 44.4 Å². The molecule has 0 bridgehead atoms. The minimum atomic E-state index is 0.358. The Morgan fingerprint density at radius 3 is 2.18 bits per heavy atom. The molecule has 0 saturated heterocycles. The third-order valence-corrected chi connectivity index (χ3v) is 5.58. The highest BCUT2D eigenvalue weighted by atomic mass is 15.2. The van der Waals surface area contributed by atoms with E-state index in [-0.39, 0.29) is 0 Å². The molecule has 138 valence electrons. The van der Waals surface area contributed by atoms with Crippen LogP contribution in [0.4, 0.5) is 17.1 Å². The van der Waals surface area contributed by atoms with Gasteiger partial charge in [-0.3, -0.25) is 0 Å². The number of aromatic nitrogens is 1. The molecular weight excluding hydrogens is 342 g/mol. The second kappa shape index (κ2) is 6.19. The van der Waals surface area contributed by atoms with Crippen LogP contribution in [0.15, 0.2) is 66.7 Å². The predicted molar refractivity (Wildman–Crippen MR) is 118 cm³/mol. The second-order valence-corrected chi connectivity index (χ2v) is 8.07. The summed E-state index contributed by atoms with van der Waals surface area (Å²) < 4.78 is 6.85. The summed E-state index contributed by atoms with van der Waals surface area (Å²) >= 11 is 0. The molecule has 0 N–H and O–H groups in total. The van der Waals surface area contributed by atoms with Crippen molar-refractivity contribution in [3.63, 3.8) is 0 Å². The number of rotatable bonds is 3. The van der Waals surface area contributed by atoms with E-state index in [0.717, 1.165) is 5.69 Å². The van der Waals surface area contributed by atoms with E-state index in [4.69, 9.17) is 0 Å². The van der Waals surface area contributed by atoms with E-state index < -0.39 is 0 Å². The number of benzene rings is 3. The third-order valence-electron chi connectivity index (χ3n) is 5.58. The summed E-state index contributed by atoms with van der Waals surface area (Å²) in [6.45, 7) is 8.91. The van der Waals surface area contributed by atoms with Crippen LogP contribution in [0.5, 0.6) is 0 Å². The van der Waals surface area contributed by atoms with Crippen molar-refractivity contribution in [2.45, 2.75) is 39.8 Å². The van der Waals surface area contributed by atoms with E-state index in [1.807, 2.05) is 0 Å². The fourth-order valence-electron chi connectivity index (χ4n) is 4.35. The molecule has 0 radical (unpaired) electrons. The molecule has 0 fully saturated rings. The lowest BCUT2D eigenvalue weighted by Gasteiger charge is -2.11. The third kappa shape index (κ3) is 2.37. The predicted octanol–water partition coefficient (Wildman–Crippen LogP) is 6.45. The Labute approximate surface area is 165 Å². The molecule has 0 atom stereocenters. The molecule has 0 amide bonds. The van der Waals surface area contributed by atoms with E-state index in [0.29, 0.717) is 12.1 Å². The van der Waals surface area contributed by atoms with E-state index in [1.165, 1.54) is 33.2 Å². The van der Waals surface area contributed by atoms with Crippen LogP contribution in [0.1, 0.15) is 33.7 Å². The normalized spacial score (nSPS) is 13.5. The maximum Gasteiger partial charge on any atom is 0.496 e. The molecule has 0 aliphatic carbocycles. The minimum Gasteiger partial charge on any atom is -0.338 e. The lowest BCUT2D eigenvalue weighted by Crippen LogP contribution is -2.12. The molecule has 1 aliphatic heterocycles. The summed E-state index contributed by atoms with van der Waals surface area (Å²) in [6.07, 6.45) is 0. The van der Waals surface area contributed by atoms with Crippen LogP contribution in [-0.2, 0) is 0 Å². The van der Waals surface area contributed by atoms with Gasteiger partial charge >= 0.3 is 6.01 Å². The van der Waals surface area contributed by atoms with Crippen LogP contribution in [-0.4, -0.2) is 21.2 Å². The van der Waals surface area contributed by atoms with Crippen LogP contribution in [0.3, 0.4) is 0 Å². The lowest BCUT2D eigenvalue weighted by atomic mass is 10.1. The van der Waals surface area contributed by atoms with E-state index in [1.54, 1.807) is 0 Å². The molecule has 3 aromatic carbocycles. The van der Waals surface area contributed by atoms with Gasteiger partial charge in [0.25, 0.3) is 11.4 Å². The zero-order valence-corrected chi connectivity index (χ0v) is 16.8. The summed E-state index contributed by atoms with van der Waals surface area (Å²) in [7, 11) is 0. The van der Waals surface area contributed by atoms with Crippen LogP contribution in [0.2, 0.25) is 0 Å². The molecular formula is C25H25N3+2. The van der Waals surface area contributed by atoms with Crippen molar-refractivity contribution < 1.29 is 4.58 Å². The number of fused-ring (bicyclic) bond motifs is 4. The summed E-state index contributed by atoms with van der Waals surface area (Å²) in [5.41, 5.74) is 6.11. The first-order valence-electron chi connectivity index (χ1n) is 10.0. The van der Waals surface area contributed by atoms with Crippen molar-refractivity contribution >= 4 is 44.9 Å². The molecule has 1 aromatic heterocycles. The van der Waals surface area contributed by atoms with Gasteiger partial charge in [0.05, 0.1) is 5.52 Å². The summed E-state index contributed by atoms with van der Waals surface area (Å²) in [5.74, 6) is 0. The Balaban J connectivity index is 1.81. The van der Waals surface area contributed by atoms with Gasteiger partial charge in [0.1, 0.15) is 0 Å². The molecule has 5 rings (SSSR count). The maximum absolute atomic E-state index is 3.58. The quantitative estimate of drug-likeness (QED) is 0.369. The van der Waals surface area contributed by atoms with Gasteiger partial charge in [-0.2, -0.15) is 0 Å². The smallest absolute Gasteiger partial charge is 0.338 e. The van der Waals surface area contributed by atoms with Gasteiger partial charge < -0.3 is 4.57 Å². The summed E-state index contributed by atoms with van der Waals surface area (Å²) in [4.78, 5) is 0. The summed E-state index contributed by atoms with van der Waals surface area (Å²) in [5, 5.41) is 2.62. The van der Waals surface area contributed by atoms with Crippen LogP contribution < -0.4 is 4.58 Å². The molecule has 28 heavy (non-hydrogen) atoms. The topological polar surface area (TPSA) is 10.9 Å². The maximum atomic E-state index is 3.58. The number of nitrogens with zero attached hydrogens (tertiary/aromatic N) is 3. The first kappa shape index (κ1) is 17.0. The van der Waals surface area contributed by atoms with Gasteiger partial charge in [-0.1, -0.05) is 34.9 Å². The fourth-order valence-corrected chi connectivity index (χ4v) is 4.35. The van der Waals surface area contributed by atoms with E-state index >= 15 is 0 Å². The van der Waals surface area contributed by atoms with Crippen LogP contribution >= 0.6 is 0 Å². The van der Waals surface area contributed by atoms with Gasteiger partial charge in [-0.15, -0.1) is 0 Å². The van der Waals surface area contributed by atoms with Crippen molar-refractivity contribution in [2.75, 3.05) is 0 Å². The highest BCUT2D eigenvalue weighted by molar-refractivity contribution is 6.09. The van der Waals surface area contributed by atoms with Crippen LogP contribution in [0, 0.1) is 0 Å². The molecule has 0 spiro atoms. The van der Waals surface area contributed by atoms with Crippen molar-refractivity contribution in [1.82, 2.24) is 9.14 Å². The molecule has 0 unspecified atom stereocenters. The number of hydrogen-bond donors (Lipinski definition) is 0. The van der Waals surface area contributed by atoms with E-state index in [9.17, 15) is 0 Å². The van der Waals surface area contributed by atoms with Gasteiger partial charge in [0.15, 0.2) is 6.04 Å². The minimum absolute atomic E-state index is 0.358. The summed E-state index contributed by atoms with van der Waals surface area (Å²) in [6, 6.07) is 28.3. The second-order valence-electron chi connectivity index (χ2n) is 8.07. The number of para-hydroxylation sites is 3.